The second-order valence-electron chi connectivity index (χ2n) is 6.96. The number of carbonyl (C=O) groups excluding carboxylic acids is 1. The molecule has 0 N–H and O–H groups in total. The number of rotatable bonds is 3. The Morgan fingerprint density at radius 1 is 1.24 bits per heavy atom. The van der Waals surface area contributed by atoms with Crippen molar-refractivity contribution < 1.29 is 9.21 Å². The van der Waals surface area contributed by atoms with E-state index in [-0.39, 0.29) is 17.4 Å². The van der Waals surface area contributed by atoms with E-state index in [1.807, 2.05) is 29.2 Å². The first-order valence-corrected chi connectivity index (χ1v) is 8.34. The molecular weight excluding hydrogens is 316 g/mol. The van der Waals surface area contributed by atoms with Crippen molar-refractivity contribution in [1.82, 2.24) is 15.0 Å². The smallest absolute Gasteiger partial charge is 0.294 e. The molecule has 0 aliphatic carbocycles. The Morgan fingerprint density at radius 2 is 2.04 bits per heavy atom. The highest BCUT2D eigenvalue weighted by Crippen LogP contribution is 2.45. The summed E-state index contributed by atoms with van der Waals surface area (Å²) >= 11 is 0. The van der Waals surface area contributed by atoms with Gasteiger partial charge in [0.15, 0.2) is 5.76 Å². The molecular formula is C19H20N4O2. The maximum absolute atomic E-state index is 13.1. The van der Waals surface area contributed by atoms with Crippen LogP contribution in [-0.4, -0.2) is 26.9 Å². The minimum Gasteiger partial charge on any atom is -0.454 e. The highest BCUT2D eigenvalue weighted by atomic mass is 16.4. The van der Waals surface area contributed by atoms with Gasteiger partial charge in [0.1, 0.15) is 12.3 Å². The first-order chi connectivity index (χ1) is 12.0. The zero-order chi connectivity index (χ0) is 17.6. The third-order valence-electron chi connectivity index (χ3n) is 5.17. The van der Waals surface area contributed by atoms with Crippen LogP contribution < -0.4 is 4.90 Å². The minimum absolute atomic E-state index is 0.0428. The summed E-state index contributed by atoms with van der Waals surface area (Å²) in [5, 5.41) is 7.69. The van der Waals surface area contributed by atoms with Crippen molar-refractivity contribution >= 4 is 11.6 Å². The number of benzene rings is 1. The lowest BCUT2D eigenvalue weighted by Gasteiger charge is -2.29. The molecule has 1 amide bonds. The Kier molecular flexibility index (Phi) is 3.49. The fourth-order valence-corrected chi connectivity index (χ4v) is 3.44. The Labute approximate surface area is 146 Å². The number of fused-ring (bicyclic) bond motifs is 1. The van der Waals surface area contributed by atoms with E-state index in [0.29, 0.717) is 18.1 Å². The summed E-state index contributed by atoms with van der Waals surface area (Å²) in [6.07, 6.45) is 3.37. The van der Waals surface area contributed by atoms with Gasteiger partial charge in [-0.25, -0.2) is 4.68 Å². The van der Waals surface area contributed by atoms with Crippen LogP contribution in [0.5, 0.6) is 0 Å². The van der Waals surface area contributed by atoms with E-state index in [4.69, 9.17) is 4.42 Å². The van der Waals surface area contributed by atoms with Crippen LogP contribution in [0.2, 0.25) is 0 Å². The number of amides is 1. The molecule has 1 aliphatic rings. The zero-order valence-corrected chi connectivity index (χ0v) is 14.5. The molecule has 0 spiro atoms. The van der Waals surface area contributed by atoms with Crippen LogP contribution in [0.15, 0.2) is 53.2 Å². The van der Waals surface area contributed by atoms with E-state index in [1.165, 1.54) is 5.56 Å². The van der Waals surface area contributed by atoms with Crippen LogP contribution in [0.3, 0.4) is 0 Å². The molecule has 1 unspecified atom stereocenters. The summed E-state index contributed by atoms with van der Waals surface area (Å²) in [4.78, 5) is 15.0. The van der Waals surface area contributed by atoms with Gasteiger partial charge in [0.05, 0.1) is 6.20 Å². The predicted molar refractivity (Wildman–Crippen MR) is 93.6 cm³/mol. The van der Waals surface area contributed by atoms with Gasteiger partial charge in [-0.05, 0) is 30.7 Å². The third kappa shape index (κ3) is 2.45. The van der Waals surface area contributed by atoms with E-state index >= 15 is 0 Å². The van der Waals surface area contributed by atoms with E-state index in [1.54, 1.807) is 23.1 Å². The molecule has 6 heteroatoms. The van der Waals surface area contributed by atoms with E-state index in [0.717, 1.165) is 5.69 Å². The maximum Gasteiger partial charge on any atom is 0.294 e. The zero-order valence-electron chi connectivity index (χ0n) is 14.5. The Bertz CT molecular complexity index is 911. The van der Waals surface area contributed by atoms with Crippen LogP contribution in [0, 0.1) is 0 Å². The molecule has 3 heterocycles. The summed E-state index contributed by atoms with van der Waals surface area (Å²) < 4.78 is 7.44. The monoisotopic (exact) mass is 336 g/mol. The number of anilines is 1. The standard InChI is InChI=1S/C19H20N4O2/c1-13-19(2,3)15-6-4-5-7-16(15)23(13)18(24)17-9-8-14(25-17)12-22-11-10-20-21-22/h4-11,13H,12H2,1-3H3. The largest absolute Gasteiger partial charge is 0.454 e. The molecule has 0 saturated heterocycles. The van der Waals surface area contributed by atoms with Gasteiger partial charge in [-0.15, -0.1) is 5.10 Å². The SMILES string of the molecule is CC1N(C(=O)c2ccc(Cn3ccnn3)o2)c2ccccc2C1(C)C. The molecule has 1 aromatic carbocycles. The summed E-state index contributed by atoms with van der Waals surface area (Å²) in [6, 6.07) is 11.7. The Morgan fingerprint density at radius 3 is 2.80 bits per heavy atom. The van der Waals surface area contributed by atoms with Crippen LogP contribution in [0.25, 0.3) is 0 Å². The number of hydrogen-bond donors (Lipinski definition) is 0. The normalized spacial score (nSPS) is 18.4. The summed E-state index contributed by atoms with van der Waals surface area (Å²) in [5.41, 5.74) is 2.03. The van der Waals surface area contributed by atoms with Gasteiger partial charge < -0.3 is 9.32 Å². The second-order valence-corrected chi connectivity index (χ2v) is 6.96. The van der Waals surface area contributed by atoms with Gasteiger partial charge in [0, 0.05) is 23.3 Å². The molecule has 0 saturated carbocycles. The maximum atomic E-state index is 13.1. The number of para-hydroxylation sites is 1. The molecule has 6 nitrogen and oxygen atoms in total. The van der Waals surface area contributed by atoms with Gasteiger partial charge in [0.2, 0.25) is 0 Å². The first kappa shape index (κ1) is 15.6. The molecule has 0 radical (unpaired) electrons. The minimum atomic E-state index is -0.115. The van der Waals surface area contributed by atoms with Crippen molar-refractivity contribution in [3.8, 4) is 0 Å². The highest BCUT2D eigenvalue weighted by molar-refractivity contribution is 6.06. The Balaban J connectivity index is 1.64. The average Bonchev–Trinajstić information content (AvgIpc) is 3.30. The number of hydrogen-bond acceptors (Lipinski definition) is 4. The number of carbonyl (C=O) groups is 1. The first-order valence-electron chi connectivity index (χ1n) is 8.34. The van der Waals surface area contributed by atoms with Crippen molar-refractivity contribution in [2.45, 2.75) is 38.8 Å². The summed E-state index contributed by atoms with van der Waals surface area (Å²) in [5.74, 6) is 0.901. The lowest BCUT2D eigenvalue weighted by molar-refractivity contribution is 0.0945. The lowest BCUT2D eigenvalue weighted by Crippen LogP contribution is -2.42. The van der Waals surface area contributed by atoms with Crippen LogP contribution in [-0.2, 0) is 12.0 Å². The van der Waals surface area contributed by atoms with Gasteiger partial charge >= 0.3 is 0 Å². The third-order valence-corrected chi connectivity index (χ3v) is 5.17. The molecule has 0 fully saturated rings. The van der Waals surface area contributed by atoms with Gasteiger partial charge in [-0.2, -0.15) is 0 Å². The Hall–Kier alpha value is -2.89. The second kappa shape index (κ2) is 5.58. The lowest BCUT2D eigenvalue weighted by atomic mass is 9.81. The molecule has 3 aromatic rings. The van der Waals surface area contributed by atoms with Crippen LogP contribution in [0.1, 0.15) is 42.6 Å². The van der Waals surface area contributed by atoms with Crippen molar-refractivity contribution in [2.75, 3.05) is 4.90 Å². The van der Waals surface area contributed by atoms with Crippen molar-refractivity contribution in [3.05, 3.63) is 65.9 Å². The number of nitrogens with zero attached hydrogens (tertiary/aromatic N) is 4. The predicted octanol–water partition coefficient (Wildman–Crippen LogP) is 3.25. The summed E-state index contributed by atoms with van der Waals surface area (Å²) in [7, 11) is 0. The van der Waals surface area contributed by atoms with E-state index in [2.05, 4.69) is 37.1 Å². The molecule has 2 aromatic heterocycles. The van der Waals surface area contributed by atoms with Gasteiger partial charge in [-0.1, -0.05) is 37.3 Å². The quantitative estimate of drug-likeness (QED) is 0.736. The van der Waals surface area contributed by atoms with Crippen molar-refractivity contribution in [2.24, 2.45) is 0 Å². The van der Waals surface area contributed by atoms with Crippen LogP contribution >= 0.6 is 0 Å². The highest BCUT2D eigenvalue weighted by Gasteiger charge is 2.45. The van der Waals surface area contributed by atoms with E-state index < -0.39 is 0 Å². The molecule has 1 aliphatic heterocycles. The number of furan rings is 1. The molecule has 0 bridgehead atoms. The van der Waals surface area contributed by atoms with Crippen molar-refractivity contribution in [3.63, 3.8) is 0 Å². The molecule has 25 heavy (non-hydrogen) atoms. The fraction of sp³-hybridized carbons (Fsp3) is 0.316. The molecule has 128 valence electrons. The van der Waals surface area contributed by atoms with Crippen molar-refractivity contribution in [1.29, 1.82) is 0 Å². The molecule has 1 atom stereocenters. The van der Waals surface area contributed by atoms with E-state index in [9.17, 15) is 4.79 Å². The molecule has 4 rings (SSSR count). The van der Waals surface area contributed by atoms with Gasteiger partial charge in [-0.3, -0.25) is 4.79 Å². The average molecular weight is 336 g/mol. The van der Waals surface area contributed by atoms with Crippen LogP contribution in [0.4, 0.5) is 5.69 Å². The topological polar surface area (TPSA) is 64.2 Å². The van der Waals surface area contributed by atoms with Gasteiger partial charge in [0.25, 0.3) is 5.91 Å². The summed E-state index contributed by atoms with van der Waals surface area (Å²) in [6.45, 7) is 6.87. The fourth-order valence-electron chi connectivity index (χ4n) is 3.44. The number of aromatic nitrogens is 3.